The number of aryl methyl sites for hydroxylation is 1. The van der Waals surface area contributed by atoms with Crippen LogP contribution in [0.3, 0.4) is 0 Å². The van der Waals surface area contributed by atoms with Crippen LogP contribution in [0.25, 0.3) is 16.9 Å². The molecule has 2 amide bonds. The van der Waals surface area contributed by atoms with Crippen LogP contribution in [-0.2, 0) is 6.54 Å². The zero-order valence-electron chi connectivity index (χ0n) is 21.5. The van der Waals surface area contributed by atoms with Crippen LogP contribution in [0.15, 0.2) is 42.7 Å². The van der Waals surface area contributed by atoms with Crippen LogP contribution in [0.2, 0.25) is 0 Å². The first-order chi connectivity index (χ1) is 19.0. The molecule has 4 aromatic rings. The smallest absolute Gasteiger partial charge is 0.405 e. The molecule has 4 heterocycles. The van der Waals surface area contributed by atoms with E-state index in [1.807, 2.05) is 6.92 Å². The van der Waals surface area contributed by atoms with Gasteiger partial charge in [0.15, 0.2) is 11.5 Å². The molecular weight excluding hydrogens is 527 g/mol. The van der Waals surface area contributed by atoms with Crippen molar-refractivity contribution in [2.75, 3.05) is 11.1 Å². The van der Waals surface area contributed by atoms with E-state index in [9.17, 15) is 22.8 Å². The summed E-state index contributed by atoms with van der Waals surface area (Å²) in [6.45, 7) is 3.80. The van der Waals surface area contributed by atoms with Crippen molar-refractivity contribution in [3.8, 4) is 17.0 Å². The zero-order chi connectivity index (χ0) is 28.3. The van der Waals surface area contributed by atoms with Crippen molar-refractivity contribution >= 4 is 29.0 Å². The van der Waals surface area contributed by atoms with Gasteiger partial charge in [-0.3, -0.25) is 14.6 Å². The number of nitrogen functional groups attached to an aromatic ring is 1. The first-order valence-corrected chi connectivity index (χ1v) is 12.6. The van der Waals surface area contributed by atoms with E-state index in [-0.39, 0.29) is 46.4 Å². The average molecular weight is 552 g/mol. The maximum absolute atomic E-state index is 13.4. The van der Waals surface area contributed by atoms with E-state index in [0.717, 1.165) is 18.9 Å². The van der Waals surface area contributed by atoms with Crippen molar-refractivity contribution in [3.05, 3.63) is 65.1 Å². The third kappa shape index (κ3) is 4.56. The normalized spacial score (nSPS) is 15.8. The average Bonchev–Trinajstić information content (AvgIpc) is 3.61. The number of nitrogens with two attached hydrogens (primary N) is 1. The molecule has 1 aromatic carbocycles. The van der Waals surface area contributed by atoms with E-state index in [1.54, 1.807) is 36.2 Å². The van der Waals surface area contributed by atoms with Gasteiger partial charge in [0.2, 0.25) is 0 Å². The first-order valence-electron chi connectivity index (χ1n) is 12.6. The van der Waals surface area contributed by atoms with Gasteiger partial charge in [-0.25, -0.2) is 9.50 Å². The summed E-state index contributed by atoms with van der Waals surface area (Å²) in [5, 5.41) is 6.89. The zero-order valence-corrected chi connectivity index (χ0v) is 21.5. The molecule has 1 saturated carbocycles. The predicted molar refractivity (Wildman–Crippen MR) is 139 cm³/mol. The number of halogens is 3. The van der Waals surface area contributed by atoms with Gasteiger partial charge in [-0.05, 0) is 68.5 Å². The van der Waals surface area contributed by atoms with Crippen LogP contribution >= 0.6 is 0 Å². The molecule has 3 aromatic heterocycles. The number of benzene rings is 1. The number of aromatic nitrogens is 4. The SMILES string of the molecule is Cc1ncccc1NC(=O)c1c(N)nn2ccc(-c3cc4c(c(OC(F)(F)F)c3)C(=O)N(C(C)C3CC3)C4)nc12. The number of nitrogens with zero attached hydrogens (tertiary/aromatic N) is 5. The van der Waals surface area contributed by atoms with Crippen molar-refractivity contribution in [2.24, 2.45) is 5.92 Å². The van der Waals surface area contributed by atoms with Gasteiger partial charge >= 0.3 is 6.36 Å². The topological polar surface area (TPSA) is 128 Å². The molecule has 206 valence electrons. The van der Waals surface area contributed by atoms with Crippen molar-refractivity contribution in [1.29, 1.82) is 0 Å². The number of amides is 2. The minimum Gasteiger partial charge on any atom is -0.405 e. The van der Waals surface area contributed by atoms with Crippen molar-refractivity contribution in [2.45, 2.75) is 45.6 Å². The van der Waals surface area contributed by atoms with Crippen molar-refractivity contribution in [1.82, 2.24) is 24.5 Å². The van der Waals surface area contributed by atoms with Crippen LogP contribution in [0.1, 0.15) is 51.7 Å². The first kappa shape index (κ1) is 25.6. The molecule has 10 nitrogen and oxygen atoms in total. The summed E-state index contributed by atoms with van der Waals surface area (Å²) in [4.78, 5) is 36.6. The second-order valence-electron chi connectivity index (χ2n) is 10.00. The molecule has 0 radical (unpaired) electrons. The summed E-state index contributed by atoms with van der Waals surface area (Å²) in [6.07, 6.45) is 0.0506. The second-order valence-corrected chi connectivity index (χ2v) is 10.00. The molecule has 0 spiro atoms. The summed E-state index contributed by atoms with van der Waals surface area (Å²) in [5.74, 6) is -1.39. The van der Waals surface area contributed by atoms with Gasteiger partial charge in [-0.1, -0.05) is 0 Å². The minimum atomic E-state index is -5.00. The Balaban J connectivity index is 1.41. The Morgan fingerprint density at radius 3 is 2.73 bits per heavy atom. The van der Waals surface area contributed by atoms with Gasteiger partial charge in [-0.2, -0.15) is 0 Å². The number of nitrogens with one attached hydrogen (secondary N) is 1. The van der Waals surface area contributed by atoms with Gasteiger partial charge in [0, 0.05) is 30.5 Å². The number of rotatable bonds is 6. The Bertz CT molecular complexity index is 1680. The fraction of sp³-hybridized carbons (Fsp3) is 0.296. The number of pyridine rings is 1. The van der Waals surface area contributed by atoms with Gasteiger partial charge < -0.3 is 20.7 Å². The summed E-state index contributed by atoms with van der Waals surface area (Å²) in [5.41, 5.74) is 8.06. The molecule has 13 heteroatoms. The highest BCUT2D eigenvalue weighted by Crippen LogP contribution is 2.42. The van der Waals surface area contributed by atoms with Crippen LogP contribution in [0.4, 0.5) is 24.7 Å². The molecule has 3 N–H and O–H groups in total. The van der Waals surface area contributed by atoms with Crippen LogP contribution in [0.5, 0.6) is 5.75 Å². The monoisotopic (exact) mass is 551 g/mol. The lowest BCUT2D eigenvalue weighted by Gasteiger charge is -2.24. The summed E-state index contributed by atoms with van der Waals surface area (Å²) in [7, 11) is 0. The number of anilines is 2. The third-order valence-electron chi connectivity index (χ3n) is 7.31. The summed E-state index contributed by atoms with van der Waals surface area (Å²) in [6, 6.07) is 7.57. The Kier molecular flexibility index (Phi) is 5.89. The second kappa shape index (κ2) is 9.21. The molecule has 1 atom stereocenters. The minimum absolute atomic E-state index is 0.00219. The van der Waals surface area contributed by atoms with Crippen molar-refractivity contribution in [3.63, 3.8) is 0 Å². The lowest BCUT2D eigenvalue weighted by molar-refractivity contribution is -0.274. The molecule has 2 aliphatic rings. The predicted octanol–water partition coefficient (Wildman–Crippen LogP) is 4.59. The maximum atomic E-state index is 13.4. The highest BCUT2D eigenvalue weighted by atomic mass is 19.4. The number of alkyl halides is 3. The number of carbonyl (C=O) groups is 2. The number of fused-ring (bicyclic) bond motifs is 2. The Morgan fingerprint density at radius 1 is 1.25 bits per heavy atom. The molecule has 1 fully saturated rings. The van der Waals surface area contributed by atoms with Crippen LogP contribution < -0.4 is 15.8 Å². The van der Waals surface area contributed by atoms with Gasteiger partial charge in [0.1, 0.15) is 11.3 Å². The van der Waals surface area contributed by atoms with E-state index >= 15 is 0 Å². The van der Waals surface area contributed by atoms with E-state index in [2.05, 4.69) is 25.1 Å². The van der Waals surface area contributed by atoms with Gasteiger partial charge in [0.05, 0.1) is 22.6 Å². The fourth-order valence-corrected chi connectivity index (χ4v) is 5.08. The van der Waals surface area contributed by atoms with E-state index in [4.69, 9.17) is 5.73 Å². The summed E-state index contributed by atoms with van der Waals surface area (Å²) >= 11 is 0. The molecule has 1 aliphatic heterocycles. The maximum Gasteiger partial charge on any atom is 0.573 e. The van der Waals surface area contributed by atoms with E-state index in [0.29, 0.717) is 22.9 Å². The van der Waals surface area contributed by atoms with Crippen LogP contribution in [-0.4, -0.2) is 48.7 Å². The molecule has 6 rings (SSSR count). The van der Waals surface area contributed by atoms with Gasteiger partial charge in [0.25, 0.3) is 11.8 Å². The van der Waals surface area contributed by atoms with Crippen LogP contribution in [0, 0.1) is 12.8 Å². The molecule has 1 unspecified atom stereocenters. The lowest BCUT2D eigenvalue weighted by Crippen LogP contribution is -2.34. The van der Waals surface area contributed by atoms with Gasteiger partial charge in [-0.15, -0.1) is 18.3 Å². The van der Waals surface area contributed by atoms with E-state index in [1.165, 1.54) is 16.8 Å². The Hall–Kier alpha value is -4.68. The van der Waals surface area contributed by atoms with E-state index < -0.39 is 23.9 Å². The Labute approximate surface area is 226 Å². The molecule has 0 saturated heterocycles. The highest BCUT2D eigenvalue weighted by Gasteiger charge is 2.42. The summed E-state index contributed by atoms with van der Waals surface area (Å²) < 4.78 is 45.8. The molecular formula is C27H24F3N7O3. The molecule has 0 bridgehead atoms. The lowest BCUT2D eigenvalue weighted by atomic mass is 10.0. The number of carbonyl (C=O) groups excluding carboxylic acids is 2. The number of hydrogen-bond acceptors (Lipinski definition) is 7. The molecule has 1 aliphatic carbocycles. The quantitative estimate of drug-likeness (QED) is 0.359. The number of ether oxygens (including phenoxy) is 1. The molecule has 40 heavy (non-hydrogen) atoms. The third-order valence-corrected chi connectivity index (χ3v) is 7.31. The highest BCUT2D eigenvalue weighted by molar-refractivity contribution is 6.11. The standard InChI is InChI=1S/C27H24F3N7O3/c1-13-18(4-3-8-32-13)34-25(38)22-23(31)35-37-9-7-19(33-24(22)37)16-10-17-12-36(14(2)15-5-6-15)26(39)21(17)20(11-16)40-27(28,29)30/h3-4,7-11,14-15H,5-6,12H2,1-2H3,(H2,31,35)(H,34,38). The largest absolute Gasteiger partial charge is 0.573 e. The van der Waals surface area contributed by atoms with Crippen molar-refractivity contribution < 1.29 is 27.5 Å². The number of hydrogen-bond donors (Lipinski definition) is 2. The fourth-order valence-electron chi connectivity index (χ4n) is 5.08. The Morgan fingerprint density at radius 2 is 2.02 bits per heavy atom.